The Balaban J connectivity index is 0.00000484. The number of aliphatic imine (C=N–C) groups is 1. The van der Waals surface area contributed by atoms with Crippen LogP contribution < -0.4 is 10.6 Å². The second kappa shape index (κ2) is 13.2. The van der Waals surface area contributed by atoms with Gasteiger partial charge in [-0.25, -0.2) is 0 Å². The first-order chi connectivity index (χ1) is 10.5. The van der Waals surface area contributed by atoms with E-state index in [4.69, 9.17) is 4.74 Å². The summed E-state index contributed by atoms with van der Waals surface area (Å²) < 4.78 is 5.13. The molecule has 23 heavy (non-hydrogen) atoms. The van der Waals surface area contributed by atoms with Crippen LogP contribution in [0.5, 0.6) is 0 Å². The molecule has 1 rings (SSSR count). The Labute approximate surface area is 160 Å². The fraction of sp³-hybridized carbons (Fsp3) is 0.941. The van der Waals surface area contributed by atoms with E-state index >= 15 is 0 Å². The van der Waals surface area contributed by atoms with Crippen LogP contribution in [0.1, 0.15) is 40.0 Å². The monoisotopic (exact) mass is 440 g/mol. The fourth-order valence-corrected chi connectivity index (χ4v) is 3.36. The molecule has 0 aliphatic carbocycles. The number of guanidine groups is 1. The number of methoxy groups -OCH3 is 1. The van der Waals surface area contributed by atoms with Gasteiger partial charge in [0.1, 0.15) is 0 Å². The van der Waals surface area contributed by atoms with Crippen LogP contribution in [-0.4, -0.2) is 63.8 Å². The highest BCUT2D eigenvalue weighted by molar-refractivity contribution is 14.0. The molecule has 0 aromatic carbocycles. The lowest BCUT2D eigenvalue weighted by Crippen LogP contribution is -2.44. The molecule has 138 valence electrons. The Morgan fingerprint density at radius 3 is 2.48 bits per heavy atom. The van der Waals surface area contributed by atoms with E-state index in [1.807, 2.05) is 7.05 Å². The van der Waals surface area contributed by atoms with Crippen molar-refractivity contribution in [3.8, 4) is 0 Å². The Bertz CT molecular complexity index is 318. The van der Waals surface area contributed by atoms with Crippen molar-refractivity contribution in [3.63, 3.8) is 0 Å². The summed E-state index contributed by atoms with van der Waals surface area (Å²) in [5, 5.41) is 6.70. The first kappa shape index (κ1) is 22.9. The van der Waals surface area contributed by atoms with Gasteiger partial charge in [-0.1, -0.05) is 13.8 Å². The summed E-state index contributed by atoms with van der Waals surface area (Å²) in [7, 11) is 3.53. The van der Waals surface area contributed by atoms with Crippen molar-refractivity contribution in [3.05, 3.63) is 0 Å². The number of nitrogens with zero attached hydrogens (tertiary/aromatic N) is 2. The predicted molar refractivity (Wildman–Crippen MR) is 110 cm³/mol. The van der Waals surface area contributed by atoms with Crippen molar-refractivity contribution in [2.75, 3.05) is 46.9 Å². The van der Waals surface area contributed by atoms with E-state index < -0.39 is 0 Å². The normalized spacial score (nSPS) is 24.0. The van der Waals surface area contributed by atoms with Gasteiger partial charge in [0.2, 0.25) is 0 Å². The van der Waals surface area contributed by atoms with Gasteiger partial charge in [-0.2, -0.15) is 0 Å². The second-order valence-corrected chi connectivity index (χ2v) is 6.91. The predicted octanol–water partition coefficient (Wildman–Crippen LogP) is 2.56. The maximum Gasteiger partial charge on any atom is 0.191 e. The van der Waals surface area contributed by atoms with Gasteiger partial charge in [-0.3, -0.25) is 4.99 Å². The van der Waals surface area contributed by atoms with Crippen molar-refractivity contribution in [2.24, 2.45) is 16.8 Å². The highest BCUT2D eigenvalue weighted by atomic mass is 127. The molecule has 5 nitrogen and oxygen atoms in total. The molecule has 0 radical (unpaired) electrons. The Hall–Kier alpha value is -0.0800. The minimum Gasteiger partial charge on any atom is -0.383 e. The molecule has 0 aromatic rings. The van der Waals surface area contributed by atoms with Gasteiger partial charge in [-0.05, 0) is 44.6 Å². The minimum atomic E-state index is 0. The van der Waals surface area contributed by atoms with E-state index in [1.54, 1.807) is 7.11 Å². The second-order valence-electron chi connectivity index (χ2n) is 6.91. The topological polar surface area (TPSA) is 48.9 Å². The van der Waals surface area contributed by atoms with E-state index in [-0.39, 0.29) is 30.0 Å². The van der Waals surface area contributed by atoms with Gasteiger partial charge >= 0.3 is 0 Å². The molecule has 1 aliphatic heterocycles. The maximum atomic E-state index is 5.13. The molecule has 0 bridgehead atoms. The molecule has 0 aromatic heterocycles. The summed E-state index contributed by atoms with van der Waals surface area (Å²) in [6, 6.07) is 0.271. The van der Waals surface area contributed by atoms with Gasteiger partial charge in [0.25, 0.3) is 0 Å². The number of hydrogen-bond donors (Lipinski definition) is 2. The SMILES string of the molecule is CN=C(NCCCCN1CC(C)CC(C)C1)NC(C)COC.I. The molecule has 3 unspecified atom stereocenters. The summed E-state index contributed by atoms with van der Waals surface area (Å²) in [6.07, 6.45) is 3.81. The zero-order valence-corrected chi connectivity index (χ0v) is 17.9. The molecular formula is C17H37IN4O. The quantitative estimate of drug-likeness (QED) is 0.264. The molecule has 1 aliphatic rings. The van der Waals surface area contributed by atoms with E-state index in [0.717, 1.165) is 24.3 Å². The Kier molecular flexibility index (Phi) is 13.2. The van der Waals surface area contributed by atoms with E-state index in [9.17, 15) is 0 Å². The van der Waals surface area contributed by atoms with Gasteiger partial charge in [0.05, 0.1) is 6.61 Å². The number of nitrogens with one attached hydrogen (secondary N) is 2. The van der Waals surface area contributed by atoms with Crippen molar-refractivity contribution < 1.29 is 4.74 Å². The molecule has 6 heteroatoms. The van der Waals surface area contributed by atoms with Crippen molar-refractivity contribution >= 4 is 29.9 Å². The van der Waals surface area contributed by atoms with Gasteiger partial charge < -0.3 is 20.3 Å². The number of halogens is 1. The van der Waals surface area contributed by atoms with Crippen LogP contribution in [0.2, 0.25) is 0 Å². The van der Waals surface area contributed by atoms with Crippen LogP contribution >= 0.6 is 24.0 Å². The average molecular weight is 440 g/mol. The van der Waals surface area contributed by atoms with Gasteiger partial charge in [0.15, 0.2) is 5.96 Å². The standard InChI is InChI=1S/C17H36N4O.HI/c1-14-10-15(2)12-21(11-14)9-7-6-8-19-17(18-4)20-16(3)13-22-5;/h14-16H,6-13H2,1-5H3,(H2,18,19,20);1H. The maximum absolute atomic E-state index is 5.13. The number of rotatable bonds is 8. The summed E-state index contributed by atoms with van der Waals surface area (Å²) in [5.41, 5.74) is 0. The van der Waals surface area contributed by atoms with Gasteiger partial charge in [0, 0.05) is 39.8 Å². The van der Waals surface area contributed by atoms with E-state index in [2.05, 4.69) is 41.3 Å². The third kappa shape index (κ3) is 10.4. The van der Waals surface area contributed by atoms with Crippen molar-refractivity contribution in [1.29, 1.82) is 0 Å². The Morgan fingerprint density at radius 1 is 1.26 bits per heavy atom. The van der Waals surface area contributed by atoms with Crippen molar-refractivity contribution in [2.45, 2.75) is 46.1 Å². The van der Waals surface area contributed by atoms with Crippen molar-refractivity contribution in [1.82, 2.24) is 15.5 Å². The largest absolute Gasteiger partial charge is 0.383 e. The van der Waals surface area contributed by atoms with E-state index in [1.165, 1.54) is 38.9 Å². The van der Waals surface area contributed by atoms with Crippen LogP contribution in [0.3, 0.4) is 0 Å². The third-order valence-corrected chi connectivity index (χ3v) is 4.16. The molecule has 0 amide bonds. The highest BCUT2D eigenvalue weighted by Crippen LogP contribution is 2.20. The Morgan fingerprint density at radius 2 is 1.91 bits per heavy atom. The summed E-state index contributed by atoms with van der Waals surface area (Å²) in [5.74, 6) is 2.57. The third-order valence-electron chi connectivity index (χ3n) is 4.16. The van der Waals surface area contributed by atoms with E-state index in [0.29, 0.717) is 6.61 Å². The minimum absolute atomic E-state index is 0. The zero-order valence-electron chi connectivity index (χ0n) is 15.6. The smallest absolute Gasteiger partial charge is 0.191 e. The average Bonchev–Trinajstić information content (AvgIpc) is 2.45. The molecule has 0 saturated carbocycles. The lowest BCUT2D eigenvalue weighted by atomic mass is 9.92. The molecule has 1 heterocycles. The highest BCUT2D eigenvalue weighted by Gasteiger charge is 2.20. The van der Waals surface area contributed by atoms with Crippen LogP contribution in [0.15, 0.2) is 4.99 Å². The molecular weight excluding hydrogens is 403 g/mol. The van der Waals surface area contributed by atoms with Crippen LogP contribution in [0.25, 0.3) is 0 Å². The van der Waals surface area contributed by atoms with Crippen LogP contribution in [-0.2, 0) is 4.74 Å². The first-order valence-electron chi connectivity index (χ1n) is 8.73. The zero-order chi connectivity index (χ0) is 16.4. The first-order valence-corrected chi connectivity index (χ1v) is 8.73. The summed E-state index contributed by atoms with van der Waals surface area (Å²) in [6.45, 7) is 12.3. The van der Waals surface area contributed by atoms with Crippen LogP contribution in [0.4, 0.5) is 0 Å². The number of hydrogen-bond acceptors (Lipinski definition) is 3. The fourth-order valence-electron chi connectivity index (χ4n) is 3.36. The molecule has 0 spiro atoms. The summed E-state index contributed by atoms with van der Waals surface area (Å²) in [4.78, 5) is 6.88. The number of likely N-dealkylation sites (tertiary alicyclic amines) is 1. The lowest BCUT2D eigenvalue weighted by Gasteiger charge is -2.34. The van der Waals surface area contributed by atoms with Gasteiger partial charge in [-0.15, -0.1) is 24.0 Å². The molecule has 3 atom stereocenters. The molecule has 2 N–H and O–H groups in total. The molecule has 1 fully saturated rings. The van der Waals surface area contributed by atoms with Crippen LogP contribution in [0, 0.1) is 11.8 Å². The lowest BCUT2D eigenvalue weighted by molar-refractivity contribution is 0.139. The number of piperidine rings is 1. The number of unbranched alkanes of at least 4 members (excludes halogenated alkanes) is 1. The summed E-state index contributed by atoms with van der Waals surface area (Å²) >= 11 is 0. The molecule has 1 saturated heterocycles. The number of ether oxygens (including phenoxy) is 1.